The van der Waals surface area contributed by atoms with E-state index in [1.807, 2.05) is 0 Å². The van der Waals surface area contributed by atoms with Gasteiger partial charge in [-0.3, -0.25) is 4.79 Å². The lowest BCUT2D eigenvalue weighted by Crippen LogP contribution is -2.26. The summed E-state index contributed by atoms with van der Waals surface area (Å²) in [6.07, 6.45) is 9.08. The molecule has 0 aromatic carbocycles. The Hall–Kier alpha value is -0.280. The maximum absolute atomic E-state index is 12.0. The van der Waals surface area contributed by atoms with E-state index in [0.29, 0.717) is 22.6 Å². The first kappa shape index (κ1) is 19.8. The molecule has 1 aliphatic heterocycles. The van der Waals surface area contributed by atoms with E-state index in [1.165, 1.54) is 56.5 Å². The first-order valence-corrected chi connectivity index (χ1v) is 10.4. The summed E-state index contributed by atoms with van der Waals surface area (Å²) in [6.45, 7) is 0. The number of alkyl halides is 3. The second kappa shape index (κ2) is 8.54. The van der Waals surface area contributed by atoms with Crippen LogP contribution in [0.15, 0.2) is 0 Å². The van der Waals surface area contributed by atoms with Crippen LogP contribution in [-0.2, 0) is 25.8 Å². The maximum Gasteiger partial charge on any atom is 0.485 e. The number of rotatable bonds is 3. The average Bonchev–Trinajstić information content (AvgIpc) is 2.91. The molecule has 1 aliphatic carbocycles. The lowest BCUT2D eigenvalue weighted by Gasteiger charge is -2.19. The van der Waals surface area contributed by atoms with E-state index in [1.54, 1.807) is 0 Å². The van der Waals surface area contributed by atoms with Crippen molar-refractivity contribution in [3.63, 3.8) is 0 Å². The van der Waals surface area contributed by atoms with Crippen molar-refractivity contribution >= 4 is 26.8 Å². The highest BCUT2D eigenvalue weighted by molar-refractivity contribution is 7.97. The van der Waals surface area contributed by atoms with E-state index >= 15 is 0 Å². The van der Waals surface area contributed by atoms with Gasteiger partial charge in [0.05, 0.1) is 0 Å². The quantitative estimate of drug-likeness (QED) is 0.439. The van der Waals surface area contributed by atoms with Gasteiger partial charge in [-0.1, -0.05) is 19.3 Å². The molecule has 0 atom stereocenters. The van der Waals surface area contributed by atoms with Gasteiger partial charge < -0.3 is 4.55 Å². The van der Waals surface area contributed by atoms with Crippen LogP contribution in [0.25, 0.3) is 0 Å². The largest absolute Gasteiger partial charge is 0.741 e. The molecule has 0 N–H and O–H groups in total. The highest BCUT2D eigenvalue weighted by Gasteiger charge is 2.37. The van der Waals surface area contributed by atoms with Gasteiger partial charge in [-0.2, -0.15) is 13.2 Å². The standard InChI is InChI=1S/C12H21OS.CHF3O3S/c13-12(10-14-8-4-5-9-14)11-6-2-1-3-7-11;2-1(3,4)8(5,6)7/h11H,1-10H2;(H,5,6,7)/q+1;/p-1. The van der Waals surface area contributed by atoms with Gasteiger partial charge in [0.2, 0.25) is 0 Å². The minimum atomic E-state index is -6.09. The zero-order chi connectivity index (χ0) is 16.8. The Morgan fingerprint density at radius 1 is 1.05 bits per heavy atom. The van der Waals surface area contributed by atoms with Gasteiger partial charge in [-0.25, -0.2) is 8.42 Å². The van der Waals surface area contributed by atoms with E-state index in [9.17, 15) is 18.0 Å². The second-order valence-corrected chi connectivity index (χ2v) is 9.27. The van der Waals surface area contributed by atoms with Gasteiger partial charge in [0.1, 0.15) is 11.5 Å². The van der Waals surface area contributed by atoms with Crippen molar-refractivity contribution in [2.24, 2.45) is 5.92 Å². The van der Waals surface area contributed by atoms with Gasteiger partial charge in [0.25, 0.3) is 0 Å². The molecular formula is C13H21F3O4S2. The summed E-state index contributed by atoms with van der Waals surface area (Å²) in [5.41, 5.74) is -5.65. The van der Waals surface area contributed by atoms with Crippen LogP contribution < -0.4 is 0 Å². The van der Waals surface area contributed by atoms with Gasteiger partial charge in [-0.05, 0) is 36.6 Å². The molecule has 9 heteroatoms. The zero-order valence-corrected chi connectivity index (χ0v) is 13.9. The Morgan fingerprint density at radius 2 is 1.50 bits per heavy atom. The third kappa shape index (κ3) is 6.87. The van der Waals surface area contributed by atoms with Crippen molar-refractivity contribution in [2.75, 3.05) is 17.3 Å². The van der Waals surface area contributed by atoms with Crippen LogP contribution >= 0.6 is 0 Å². The second-order valence-electron chi connectivity index (χ2n) is 5.57. The van der Waals surface area contributed by atoms with Crippen molar-refractivity contribution in [2.45, 2.75) is 50.5 Å². The van der Waals surface area contributed by atoms with Crippen LogP contribution in [0, 0.1) is 5.92 Å². The van der Waals surface area contributed by atoms with Crippen LogP contribution in [0.2, 0.25) is 0 Å². The molecule has 2 fully saturated rings. The summed E-state index contributed by atoms with van der Waals surface area (Å²) in [7, 11) is -5.60. The number of Topliss-reactive ketones (excluding diaryl/α,β-unsaturated/α-hetero) is 1. The first-order chi connectivity index (χ1) is 10.1. The predicted octanol–water partition coefficient (Wildman–Crippen LogP) is 2.60. The fourth-order valence-corrected chi connectivity index (χ4v) is 4.96. The van der Waals surface area contributed by atoms with Gasteiger partial charge in [-0.15, -0.1) is 0 Å². The minimum absolute atomic E-state index is 0.455. The van der Waals surface area contributed by atoms with Crippen LogP contribution in [0.4, 0.5) is 13.2 Å². The van der Waals surface area contributed by atoms with Gasteiger partial charge in [0, 0.05) is 5.92 Å². The summed E-state index contributed by atoms with van der Waals surface area (Å²) >= 11 is 0. The molecule has 2 rings (SSSR count). The number of ketones is 1. The molecular weight excluding hydrogens is 341 g/mol. The van der Waals surface area contributed by atoms with Crippen LogP contribution in [0.5, 0.6) is 0 Å². The molecule has 0 radical (unpaired) electrons. The molecule has 1 heterocycles. The van der Waals surface area contributed by atoms with Crippen molar-refractivity contribution in [3.8, 4) is 0 Å². The van der Waals surface area contributed by atoms with E-state index in [4.69, 9.17) is 13.0 Å². The monoisotopic (exact) mass is 362 g/mol. The lowest BCUT2D eigenvalue weighted by atomic mass is 9.87. The molecule has 1 saturated heterocycles. The molecule has 0 amide bonds. The van der Waals surface area contributed by atoms with Crippen LogP contribution in [0.1, 0.15) is 44.9 Å². The molecule has 0 spiro atoms. The third-order valence-electron chi connectivity index (χ3n) is 3.81. The summed E-state index contributed by atoms with van der Waals surface area (Å²) in [5.74, 6) is 4.69. The highest BCUT2D eigenvalue weighted by atomic mass is 32.2. The Morgan fingerprint density at radius 3 is 1.91 bits per heavy atom. The lowest BCUT2D eigenvalue weighted by molar-refractivity contribution is -0.121. The third-order valence-corrected chi connectivity index (χ3v) is 6.80. The number of carbonyl (C=O) groups is 1. The summed E-state index contributed by atoms with van der Waals surface area (Å²) < 4.78 is 58.9. The predicted molar refractivity (Wildman–Crippen MR) is 78.5 cm³/mol. The normalized spacial score (nSPS) is 21.3. The molecule has 22 heavy (non-hydrogen) atoms. The fraction of sp³-hybridized carbons (Fsp3) is 0.923. The first-order valence-electron chi connectivity index (χ1n) is 7.30. The smallest absolute Gasteiger partial charge is 0.485 e. The van der Waals surface area contributed by atoms with Crippen LogP contribution in [-0.4, -0.2) is 41.5 Å². The molecule has 0 bridgehead atoms. The molecule has 2 aliphatic rings. The topological polar surface area (TPSA) is 74.3 Å². The van der Waals surface area contributed by atoms with Crippen molar-refractivity contribution < 1.29 is 30.9 Å². The summed E-state index contributed by atoms with van der Waals surface area (Å²) in [4.78, 5) is 12.0. The highest BCUT2D eigenvalue weighted by Crippen LogP contribution is 2.26. The Labute approximate surface area is 131 Å². The Kier molecular flexibility index (Phi) is 7.67. The Balaban J connectivity index is 0.000000261. The summed E-state index contributed by atoms with van der Waals surface area (Å²) in [5, 5.41) is 0. The van der Waals surface area contributed by atoms with E-state index in [2.05, 4.69) is 0 Å². The molecule has 0 unspecified atom stereocenters. The Bertz CT molecular complexity index is 450. The van der Waals surface area contributed by atoms with Gasteiger partial charge >= 0.3 is 5.51 Å². The number of hydrogen-bond donors (Lipinski definition) is 0. The summed E-state index contributed by atoms with van der Waals surface area (Å²) in [6, 6.07) is 0. The zero-order valence-electron chi connectivity index (χ0n) is 12.2. The van der Waals surface area contributed by atoms with E-state index in [-0.39, 0.29) is 0 Å². The fourth-order valence-electron chi connectivity index (χ4n) is 2.60. The maximum atomic E-state index is 12.0. The minimum Gasteiger partial charge on any atom is -0.741 e. The molecule has 1 saturated carbocycles. The van der Waals surface area contributed by atoms with E-state index < -0.39 is 15.6 Å². The van der Waals surface area contributed by atoms with Crippen LogP contribution in [0.3, 0.4) is 0 Å². The average molecular weight is 362 g/mol. The number of hydrogen-bond acceptors (Lipinski definition) is 4. The molecule has 0 aromatic rings. The van der Waals surface area contributed by atoms with Gasteiger partial charge in [0.15, 0.2) is 21.7 Å². The number of carbonyl (C=O) groups excluding carboxylic acids is 1. The van der Waals surface area contributed by atoms with Crippen molar-refractivity contribution in [1.82, 2.24) is 0 Å². The SMILES string of the molecule is O=C(C[S+]1CCCC1)C1CCCCC1.O=S(=O)([O-])C(F)(F)F. The molecule has 0 aromatic heterocycles. The number of halogens is 3. The van der Waals surface area contributed by atoms with Crippen molar-refractivity contribution in [3.05, 3.63) is 0 Å². The molecule has 130 valence electrons. The molecule has 4 nitrogen and oxygen atoms in total. The van der Waals surface area contributed by atoms with Crippen molar-refractivity contribution in [1.29, 1.82) is 0 Å². The van der Waals surface area contributed by atoms with E-state index in [0.717, 1.165) is 5.75 Å².